The van der Waals surface area contributed by atoms with Crippen molar-refractivity contribution in [2.75, 3.05) is 13.2 Å². The Morgan fingerprint density at radius 1 is 0.710 bits per heavy atom. The van der Waals surface area contributed by atoms with Crippen molar-refractivity contribution in [3.05, 3.63) is 78.4 Å². The zero-order valence-corrected chi connectivity index (χ0v) is 18.7. The molecule has 3 aromatic carbocycles. The first kappa shape index (κ1) is 25.1. The van der Waals surface area contributed by atoms with E-state index in [4.69, 9.17) is 4.74 Å². The summed E-state index contributed by atoms with van der Waals surface area (Å²) < 4.78 is 32.9. The zero-order chi connectivity index (χ0) is 20.2. The summed E-state index contributed by atoms with van der Waals surface area (Å²) in [6, 6.07) is 18.9. The molecule has 1 saturated carbocycles. The maximum Gasteiger partial charge on any atom is 0.123 e. The van der Waals surface area contributed by atoms with Gasteiger partial charge >= 0.3 is 0 Å². The molecule has 1 aliphatic carbocycles. The van der Waals surface area contributed by atoms with Gasteiger partial charge in [0.2, 0.25) is 0 Å². The van der Waals surface area contributed by atoms with Gasteiger partial charge in [0.05, 0.1) is 13.2 Å². The maximum atomic E-state index is 13.4. The van der Waals surface area contributed by atoms with Crippen molar-refractivity contribution in [2.45, 2.75) is 19.3 Å². The van der Waals surface area contributed by atoms with Gasteiger partial charge in [0.1, 0.15) is 17.4 Å². The lowest BCUT2D eigenvalue weighted by Crippen LogP contribution is -3.00. The fourth-order valence-corrected chi connectivity index (χ4v) is 4.11. The predicted molar refractivity (Wildman–Crippen MR) is 111 cm³/mol. The first-order valence-corrected chi connectivity index (χ1v) is 10.2. The monoisotopic (exact) mass is 464 g/mol. The summed E-state index contributed by atoms with van der Waals surface area (Å²) in [4.78, 5) is 0. The minimum Gasteiger partial charge on any atom is -1.00 e. The number of quaternary nitrogens is 1. The molecule has 0 unspecified atom stereocenters. The Balaban J connectivity index is 0.00000171. The Morgan fingerprint density at radius 2 is 1.19 bits per heavy atom. The summed E-state index contributed by atoms with van der Waals surface area (Å²) in [7, 11) is 0. The molecule has 0 amide bonds. The highest BCUT2D eigenvalue weighted by Gasteiger charge is 2.25. The second-order valence-corrected chi connectivity index (χ2v) is 7.90. The topological polar surface area (TPSA) is 36.9 Å². The molecule has 0 spiro atoms. The minimum atomic E-state index is -0.263. The molecular weight excluding hydrogens is 439 g/mol. The Bertz CT molecular complexity index is 901. The van der Waals surface area contributed by atoms with Crippen LogP contribution in [0.1, 0.15) is 19.3 Å². The van der Waals surface area contributed by atoms with Gasteiger partial charge in [-0.2, -0.15) is 0 Å². The van der Waals surface area contributed by atoms with Gasteiger partial charge in [-0.05, 0) is 89.9 Å². The third-order valence-electron chi connectivity index (χ3n) is 5.81. The Kier molecular flexibility index (Phi) is 9.30. The van der Waals surface area contributed by atoms with Crippen LogP contribution in [0.15, 0.2) is 66.7 Å². The van der Waals surface area contributed by atoms with Crippen molar-refractivity contribution in [1.29, 1.82) is 0 Å². The number of rotatable bonds is 6. The summed E-state index contributed by atoms with van der Waals surface area (Å²) in [6.07, 6.45) is 3.59. The quantitative estimate of drug-likeness (QED) is 0.516. The van der Waals surface area contributed by atoms with Gasteiger partial charge in [-0.15, -0.1) is 0 Å². The molecule has 0 radical (unpaired) electrons. The first-order valence-electron chi connectivity index (χ1n) is 10.2. The van der Waals surface area contributed by atoms with Gasteiger partial charge in [0.25, 0.3) is 0 Å². The SMILES string of the molecule is [Cl-].[Cl-].[NH3+]C[C@H]1CC[C@H](COc2cc(-c3ccc(F)cc3)cc(-c3ccc(F)cc3)c2)C1. The van der Waals surface area contributed by atoms with Crippen LogP contribution in [0.4, 0.5) is 8.78 Å². The molecule has 4 rings (SSSR count). The Hall–Kier alpha value is -2.14. The van der Waals surface area contributed by atoms with E-state index >= 15 is 0 Å². The standard InChI is InChI=1S/C25H25F2NO.2ClH/c26-23-7-3-19(4-8-23)21-12-22(20-5-9-24(27)10-6-20)14-25(13-21)29-16-18-2-1-17(11-18)15-28;;/h3-10,12-14,17-18H,1-2,11,15-16,28H2;2*1H/p-1/t17-,18-;;/m0../s1. The number of halogens is 4. The summed E-state index contributed by atoms with van der Waals surface area (Å²) in [6.45, 7) is 1.68. The Morgan fingerprint density at radius 3 is 1.65 bits per heavy atom. The zero-order valence-electron chi connectivity index (χ0n) is 17.2. The van der Waals surface area contributed by atoms with Crippen molar-refractivity contribution in [2.24, 2.45) is 11.8 Å². The second-order valence-electron chi connectivity index (χ2n) is 7.90. The van der Waals surface area contributed by atoms with Crippen LogP contribution in [0.25, 0.3) is 22.3 Å². The normalized spacial score (nSPS) is 17.5. The number of ether oxygens (including phenoxy) is 1. The molecular formula is C25H26Cl2F2NO-. The highest BCUT2D eigenvalue weighted by atomic mass is 35.5. The summed E-state index contributed by atoms with van der Waals surface area (Å²) in [5, 5.41) is 0. The lowest BCUT2D eigenvalue weighted by atomic mass is 9.98. The first-order chi connectivity index (χ1) is 14.1. The van der Waals surface area contributed by atoms with E-state index in [0.29, 0.717) is 18.4 Å². The molecule has 0 bridgehead atoms. The van der Waals surface area contributed by atoms with E-state index in [1.165, 1.54) is 43.5 Å². The van der Waals surface area contributed by atoms with E-state index in [2.05, 4.69) is 5.73 Å². The summed E-state index contributed by atoms with van der Waals surface area (Å²) in [5.74, 6) is 1.53. The van der Waals surface area contributed by atoms with Gasteiger partial charge in [-0.25, -0.2) is 8.78 Å². The van der Waals surface area contributed by atoms with Crippen molar-refractivity contribution >= 4 is 0 Å². The molecule has 0 saturated heterocycles. The van der Waals surface area contributed by atoms with Gasteiger partial charge in [0.15, 0.2) is 0 Å². The van der Waals surface area contributed by atoms with E-state index < -0.39 is 0 Å². The predicted octanol–water partition coefficient (Wildman–Crippen LogP) is -0.656. The molecule has 2 atom stereocenters. The molecule has 3 aromatic rings. The van der Waals surface area contributed by atoms with Gasteiger partial charge < -0.3 is 35.3 Å². The Labute approximate surface area is 194 Å². The molecule has 3 N–H and O–H groups in total. The average Bonchev–Trinajstić information content (AvgIpc) is 3.21. The molecule has 0 aromatic heterocycles. The summed E-state index contributed by atoms with van der Waals surface area (Å²) >= 11 is 0. The van der Waals surface area contributed by atoms with Gasteiger partial charge in [-0.1, -0.05) is 24.3 Å². The third kappa shape index (κ3) is 6.42. The van der Waals surface area contributed by atoms with Crippen LogP contribution in [0.5, 0.6) is 5.75 Å². The fraction of sp³-hybridized carbons (Fsp3) is 0.280. The third-order valence-corrected chi connectivity index (χ3v) is 5.81. The maximum absolute atomic E-state index is 13.4. The molecule has 1 fully saturated rings. The van der Waals surface area contributed by atoms with E-state index in [0.717, 1.165) is 34.5 Å². The average molecular weight is 465 g/mol. The number of hydrogen-bond acceptors (Lipinski definition) is 1. The van der Waals surface area contributed by atoms with Crippen molar-refractivity contribution in [1.82, 2.24) is 0 Å². The molecule has 1 aliphatic rings. The summed E-state index contributed by atoms with van der Waals surface area (Å²) in [5.41, 5.74) is 7.75. The van der Waals surface area contributed by atoms with Gasteiger partial charge in [0, 0.05) is 5.92 Å². The molecule has 166 valence electrons. The molecule has 31 heavy (non-hydrogen) atoms. The molecule has 2 nitrogen and oxygen atoms in total. The van der Waals surface area contributed by atoms with Gasteiger partial charge in [-0.3, -0.25) is 0 Å². The van der Waals surface area contributed by atoms with Crippen LogP contribution in [0.3, 0.4) is 0 Å². The largest absolute Gasteiger partial charge is 1.00 e. The molecule has 0 heterocycles. The highest BCUT2D eigenvalue weighted by molar-refractivity contribution is 5.75. The van der Waals surface area contributed by atoms with Crippen LogP contribution in [0.2, 0.25) is 0 Å². The van der Waals surface area contributed by atoms with Crippen LogP contribution in [-0.2, 0) is 0 Å². The number of benzene rings is 3. The lowest BCUT2D eigenvalue weighted by molar-refractivity contribution is -0.378. The molecule has 6 heteroatoms. The van der Waals surface area contributed by atoms with Crippen LogP contribution < -0.4 is 35.3 Å². The van der Waals surface area contributed by atoms with Crippen molar-refractivity contribution < 1.29 is 44.1 Å². The van der Waals surface area contributed by atoms with E-state index in [1.54, 1.807) is 24.3 Å². The van der Waals surface area contributed by atoms with E-state index in [9.17, 15) is 8.78 Å². The smallest absolute Gasteiger partial charge is 0.123 e. The molecule has 0 aliphatic heterocycles. The van der Waals surface area contributed by atoms with E-state index in [-0.39, 0.29) is 36.4 Å². The van der Waals surface area contributed by atoms with Crippen LogP contribution in [-0.4, -0.2) is 13.2 Å². The van der Waals surface area contributed by atoms with Crippen molar-refractivity contribution in [3.8, 4) is 28.0 Å². The lowest BCUT2D eigenvalue weighted by Gasteiger charge is -2.15. The fourth-order valence-electron chi connectivity index (χ4n) is 4.11. The van der Waals surface area contributed by atoms with Crippen molar-refractivity contribution in [3.63, 3.8) is 0 Å². The highest BCUT2D eigenvalue weighted by Crippen LogP contribution is 2.34. The minimum absolute atomic E-state index is 0. The van der Waals surface area contributed by atoms with E-state index in [1.807, 2.05) is 18.2 Å². The van der Waals surface area contributed by atoms with Crippen LogP contribution in [0, 0.1) is 23.5 Å². The second kappa shape index (κ2) is 11.5. The number of hydrogen-bond donors (Lipinski definition) is 1. The van der Waals surface area contributed by atoms with Crippen LogP contribution >= 0.6 is 0 Å².